The lowest BCUT2D eigenvalue weighted by atomic mass is 9.41. The predicted octanol–water partition coefficient (Wildman–Crippen LogP) is 16.1. The van der Waals surface area contributed by atoms with E-state index >= 15 is 0 Å². The molecule has 10 aromatic rings. The summed E-state index contributed by atoms with van der Waals surface area (Å²) in [4.78, 5) is 2.61. The first-order valence-corrected chi connectivity index (χ1v) is 27.7. The number of hydrogen-bond acceptors (Lipinski definition) is 3. The summed E-state index contributed by atoms with van der Waals surface area (Å²) in [5.41, 5.74) is 30.8. The van der Waals surface area contributed by atoms with Gasteiger partial charge in [0.2, 0.25) is 0 Å². The van der Waals surface area contributed by atoms with Gasteiger partial charge in [-0.15, -0.1) is 0 Å². The van der Waals surface area contributed by atoms with E-state index in [4.69, 9.17) is 0 Å². The zero-order valence-corrected chi connectivity index (χ0v) is 43.2. The Labute approximate surface area is 462 Å². The molecule has 0 saturated heterocycles. The zero-order chi connectivity index (χ0) is 52.5. The van der Waals surface area contributed by atoms with Crippen molar-refractivity contribution in [3.63, 3.8) is 0 Å². The average molecular weight is 1010 g/mol. The Kier molecular flexibility index (Phi) is 8.58. The minimum atomic E-state index is -0.735. The molecule has 0 radical (unpaired) electrons. The van der Waals surface area contributed by atoms with Crippen molar-refractivity contribution in [2.24, 2.45) is 17.3 Å². The number of fused-ring (bicyclic) bond motifs is 11. The molecule has 0 fully saturated rings. The molecule has 3 nitrogen and oxygen atoms in total. The van der Waals surface area contributed by atoms with Crippen LogP contribution in [0.5, 0.6) is 0 Å². The summed E-state index contributed by atoms with van der Waals surface area (Å²) >= 11 is 0. The number of para-hydroxylation sites is 1. The Morgan fingerprint density at radius 2 is 0.762 bits per heavy atom. The lowest BCUT2D eigenvalue weighted by Crippen LogP contribution is -2.51. The van der Waals surface area contributed by atoms with Crippen LogP contribution in [0.4, 0.5) is 11.4 Å². The van der Waals surface area contributed by atoms with Crippen LogP contribution >= 0.6 is 0 Å². The van der Waals surface area contributed by atoms with E-state index in [1.807, 2.05) is 12.1 Å². The van der Waals surface area contributed by atoms with Crippen molar-refractivity contribution in [1.82, 2.24) is 0 Å². The zero-order valence-electron chi connectivity index (χ0n) is 43.2. The SMILES string of the molecule is N#Cc1cc(C#N)cc(C2=C3c4ccccc4C4=C(c5ccccc5)C5=C6C(=C(N(c7ccccc7)c7ccc8ccccc8c7)C7=c8ccccc8=C8C(c9ccccc9)=C9C(=C2c2ccccc29)C6(C34)C87)c2ccccc25)c1. The van der Waals surface area contributed by atoms with Crippen molar-refractivity contribution in [3.8, 4) is 12.1 Å². The molecule has 8 aliphatic rings. The molecular formula is C77H43N3. The topological polar surface area (TPSA) is 50.8 Å². The van der Waals surface area contributed by atoms with E-state index in [1.165, 1.54) is 138 Å². The van der Waals surface area contributed by atoms with Gasteiger partial charge in [-0.1, -0.05) is 206 Å². The molecule has 3 heteroatoms. The molecule has 1 spiro atoms. The summed E-state index contributed by atoms with van der Waals surface area (Å²) in [6, 6.07) is 97.0. The standard InChI is InChI=1S/C77H43N3/c78-42-44-38-45(43-79)40-50(39-44)63-68-55-30-14-12-28-53(55)64-61(47-21-4-1-5-22-47)66-57-32-16-18-34-59(57)70-74(66)77(72(64)68)73-65(54-29-13-15-31-56(54)69(63)73)62(48-23-6-2-7-24-48)67-58-33-17-19-35-60(58)71(75(67)77)76(70)80(51-26-8-3-9-27-51)52-37-36-46-20-10-11-25-49(46)41-52/h1-41,72,75H. The number of nitriles is 2. The van der Waals surface area contributed by atoms with E-state index in [0.29, 0.717) is 11.1 Å². The van der Waals surface area contributed by atoms with Crippen molar-refractivity contribution < 1.29 is 0 Å². The second kappa shape index (κ2) is 15.8. The molecule has 0 aromatic heterocycles. The maximum Gasteiger partial charge on any atom is 0.0992 e. The summed E-state index contributed by atoms with van der Waals surface area (Å²) in [6.45, 7) is 0. The van der Waals surface area contributed by atoms with Gasteiger partial charge in [-0.05, 0) is 181 Å². The molecule has 0 saturated carbocycles. The largest absolute Gasteiger partial charge is 0.310 e. The highest BCUT2D eigenvalue weighted by Gasteiger charge is 2.71. The molecule has 3 atom stereocenters. The number of benzene rings is 10. The molecule has 0 aliphatic heterocycles. The van der Waals surface area contributed by atoms with E-state index in [2.05, 4.69) is 248 Å². The Morgan fingerprint density at radius 1 is 0.312 bits per heavy atom. The van der Waals surface area contributed by atoms with Crippen molar-refractivity contribution >= 4 is 83.5 Å². The van der Waals surface area contributed by atoms with Gasteiger partial charge >= 0.3 is 0 Å². The number of nitrogens with zero attached hydrogens (tertiary/aromatic N) is 3. The molecule has 3 unspecified atom stereocenters. The maximum atomic E-state index is 10.8. The van der Waals surface area contributed by atoms with E-state index in [1.54, 1.807) is 6.07 Å². The fourth-order valence-electron chi connectivity index (χ4n) is 16.3. The van der Waals surface area contributed by atoms with Crippen LogP contribution in [-0.2, 0) is 0 Å². The third-order valence-corrected chi connectivity index (χ3v) is 18.7. The van der Waals surface area contributed by atoms with Crippen LogP contribution in [0.15, 0.2) is 266 Å². The van der Waals surface area contributed by atoms with Crippen LogP contribution in [0, 0.1) is 39.9 Å². The van der Waals surface area contributed by atoms with Gasteiger partial charge in [0.25, 0.3) is 0 Å². The number of hydrogen-bond donors (Lipinski definition) is 0. The van der Waals surface area contributed by atoms with Gasteiger partial charge in [0.15, 0.2) is 0 Å². The van der Waals surface area contributed by atoms with E-state index < -0.39 is 5.41 Å². The van der Waals surface area contributed by atoms with E-state index in [-0.39, 0.29) is 11.8 Å². The van der Waals surface area contributed by atoms with Crippen LogP contribution in [0.1, 0.15) is 61.2 Å². The third-order valence-electron chi connectivity index (χ3n) is 18.7. The highest BCUT2D eigenvalue weighted by molar-refractivity contribution is 6.40. The minimum Gasteiger partial charge on any atom is -0.310 e. The van der Waals surface area contributed by atoms with Gasteiger partial charge in [-0.25, -0.2) is 0 Å². The number of rotatable bonds is 6. The molecule has 8 aliphatic carbocycles. The lowest BCUT2D eigenvalue weighted by Gasteiger charge is -2.60. The van der Waals surface area contributed by atoms with Gasteiger partial charge in [0.1, 0.15) is 0 Å². The summed E-state index contributed by atoms with van der Waals surface area (Å²) < 4.78 is 0. The van der Waals surface area contributed by atoms with E-state index in [9.17, 15) is 10.5 Å². The second-order valence-corrected chi connectivity index (χ2v) is 22.3. The highest BCUT2D eigenvalue weighted by atomic mass is 15.2. The first kappa shape index (κ1) is 43.5. The first-order chi connectivity index (χ1) is 39.7. The Morgan fingerprint density at radius 3 is 1.36 bits per heavy atom. The number of allylic oxidation sites excluding steroid dienone is 12. The Bertz CT molecular complexity index is 4970. The van der Waals surface area contributed by atoms with Crippen molar-refractivity contribution in [3.05, 3.63) is 337 Å². The summed E-state index contributed by atoms with van der Waals surface area (Å²) in [6.07, 6.45) is 0. The predicted molar refractivity (Wildman–Crippen MR) is 324 cm³/mol. The van der Waals surface area contributed by atoms with Crippen molar-refractivity contribution in [1.29, 1.82) is 10.5 Å². The molecule has 0 N–H and O–H groups in total. The van der Waals surface area contributed by atoms with Crippen LogP contribution in [0.3, 0.4) is 0 Å². The molecule has 366 valence electrons. The third kappa shape index (κ3) is 5.28. The minimum absolute atomic E-state index is 0.203. The highest BCUT2D eigenvalue weighted by Crippen LogP contribution is 2.84. The van der Waals surface area contributed by atoms with Crippen LogP contribution in [0.25, 0.3) is 72.1 Å². The monoisotopic (exact) mass is 1010 g/mol. The molecule has 0 bridgehead atoms. The van der Waals surface area contributed by atoms with Gasteiger partial charge in [0.05, 0.1) is 29.0 Å². The van der Waals surface area contributed by atoms with Crippen LogP contribution < -0.4 is 15.3 Å². The lowest BCUT2D eigenvalue weighted by molar-refractivity contribution is 0.350. The van der Waals surface area contributed by atoms with Gasteiger partial charge in [0, 0.05) is 34.2 Å². The Balaban J connectivity index is 1.14. The molecular weight excluding hydrogens is 967 g/mol. The molecule has 10 aromatic carbocycles. The van der Waals surface area contributed by atoms with E-state index in [0.717, 1.165) is 22.5 Å². The van der Waals surface area contributed by atoms with Gasteiger partial charge in [-0.2, -0.15) is 10.5 Å². The smallest absolute Gasteiger partial charge is 0.0992 e. The normalized spacial score (nSPS) is 19.7. The quantitative estimate of drug-likeness (QED) is 0.167. The fraction of sp³-hybridized carbons (Fsp3) is 0.0390. The molecule has 0 heterocycles. The Hall–Kier alpha value is -10.6. The number of anilines is 2. The average Bonchev–Trinajstić information content (AvgIpc) is 1.68. The van der Waals surface area contributed by atoms with Crippen LogP contribution in [-0.4, -0.2) is 0 Å². The maximum absolute atomic E-state index is 10.8. The second-order valence-electron chi connectivity index (χ2n) is 22.3. The molecule has 0 amide bonds. The summed E-state index contributed by atoms with van der Waals surface area (Å²) in [5, 5.41) is 26.6. The molecule has 18 rings (SSSR count). The molecule has 80 heavy (non-hydrogen) atoms. The van der Waals surface area contributed by atoms with Crippen molar-refractivity contribution in [2.75, 3.05) is 4.90 Å². The van der Waals surface area contributed by atoms with Crippen LogP contribution in [0.2, 0.25) is 0 Å². The van der Waals surface area contributed by atoms with Gasteiger partial charge in [-0.3, -0.25) is 0 Å². The first-order valence-electron chi connectivity index (χ1n) is 27.7. The van der Waals surface area contributed by atoms with Gasteiger partial charge < -0.3 is 4.90 Å². The summed E-state index contributed by atoms with van der Waals surface area (Å²) in [7, 11) is 0. The summed E-state index contributed by atoms with van der Waals surface area (Å²) in [5.74, 6) is -0.423. The fourth-order valence-corrected chi connectivity index (χ4v) is 16.3. The van der Waals surface area contributed by atoms with Crippen molar-refractivity contribution in [2.45, 2.75) is 0 Å².